The van der Waals surface area contributed by atoms with Gasteiger partial charge in [0.1, 0.15) is 0 Å². The number of morpholine rings is 1. The number of rotatable bonds is 7. The van der Waals surface area contributed by atoms with E-state index >= 15 is 0 Å². The average molecular weight is 494 g/mol. The summed E-state index contributed by atoms with van der Waals surface area (Å²) < 4.78 is 16.5. The summed E-state index contributed by atoms with van der Waals surface area (Å²) in [4.78, 5) is 20.2. The van der Waals surface area contributed by atoms with Crippen LogP contribution in [0.1, 0.15) is 52.2 Å². The number of carbonyl (C=O) groups is 1. The maximum atomic E-state index is 12.7. The van der Waals surface area contributed by atoms with E-state index in [1.165, 1.54) is 0 Å². The third-order valence-corrected chi connectivity index (χ3v) is 7.53. The summed E-state index contributed by atoms with van der Waals surface area (Å²) in [5, 5.41) is 13.4. The topological polar surface area (TPSA) is 92.6 Å². The van der Waals surface area contributed by atoms with E-state index in [0.29, 0.717) is 30.0 Å². The Morgan fingerprint density at radius 2 is 1.83 bits per heavy atom. The van der Waals surface area contributed by atoms with Crippen molar-refractivity contribution in [2.24, 2.45) is 4.99 Å². The monoisotopic (exact) mass is 493 g/mol. The van der Waals surface area contributed by atoms with Gasteiger partial charge in [0.05, 0.1) is 45.3 Å². The van der Waals surface area contributed by atoms with Crippen molar-refractivity contribution in [1.82, 2.24) is 10.2 Å². The maximum absolute atomic E-state index is 12.7. The number of aliphatic imine (C=N–C) groups is 1. The van der Waals surface area contributed by atoms with Crippen LogP contribution < -0.4 is 14.8 Å². The third kappa shape index (κ3) is 5.12. The van der Waals surface area contributed by atoms with Crippen LogP contribution in [0.2, 0.25) is 0 Å². The zero-order chi connectivity index (χ0) is 25.1. The molecule has 0 bridgehead atoms. The largest absolute Gasteiger partial charge is 0.493 e. The van der Waals surface area contributed by atoms with Crippen molar-refractivity contribution in [1.29, 1.82) is 0 Å². The SMILES string of the molecule is COc1cc2c(cc1OC)C1CC(O)CCC1N=C2c1ccc(C(=O)NCCN2CCOCC2)cc1. The van der Waals surface area contributed by atoms with E-state index in [1.54, 1.807) is 14.2 Å². The van der Waals surface area contributed by atoms with Gasteiger partial charge in [0.15, 0.2) is 11.5 Å². The number of hydrogen-bond acceptors (Lipinski definition) is 7. The number of ether oxygens (including phenoxy) is 3. The van der Waals surface area contributed by atoms with Gasteiger partial charge in [0.2, 0.25) is 0 Å². The molecule has 1 saturated carbocycles. The number of nitrogens with one attached hydrogen (secondary N) is 1. The molecule has 1 aliphatic carbocycles. The fraction of sp³-hybridized carbons (Fsp3) is 0.500. The van der Waals surface area contributed by atoms with Crippen LogP contribution >= 0.6 is 0 Å². The highest BCUT2D eigenvalue weighted by atomic mass is 16.5. The minimum absolute atomic E-state index is 0.0754. The Balaban J connectivity index is 1.36. The van der Waals surface area contributed by atoms with Crippen LogP contribution in [0.25, 0.3) is 0 Å². The number of nitrogens with zero attached hydrogens (tertiary/aromatic N) is 2. The Labute approximate surface area is 212 Å². The van der Waals surface area contributed by atoms with Crippen LogP contribution in [-0.2, 0) is 4.74 Å². The fourth-order valence-corrected chi connectivity index (χ4v) is 5.53. The van der Waals surface area contributed by atoms with Crippen molar-refractivity contribution in [2.45, 2.75) is 37.3 Å². The van der Waals surface area contributed by atoms with Crippen molar-refractivity contribution in [3.8, 4) is 11.5 Å². The van der Waals surface area contributed by atoms with Crippen molar-refractivity contribution in [3.63, 3.8) is 0 Å². The lowest BCUT2D eigenvalue weighted by Crippen LogP contribution is -2.41. The Morgan fingerprint density at radius 1 is 1.11 bits per heavy atom. The zero-order valence-corrected chi connectivity index (χ0v) is 21.0. The van der Waals surface area contributed by atoms with Crippen LogP contribution in [0.15, 0.2) is 41.4 Å². The fourth-order valence-electron chi connectivity index (χ4n) is 5.53. The average Bonchev–Trinajstić information content (AvgIpc) is 2.92. The lowest BCUT2D eigenvalue weighted by Gasteiger charge is -2.37. The zero-order valence-electron chi connectivity index (χ0n) is 21.0. The molecule has 2 aromatic rings. The lowest BCUT2D eigenvalue weighted by molar-refractivity contribution is 0.0383. The standard InChI is InChI=1S/C28H35N3O5/c1-34-25-16-21-22-15-20(32)7-8-24(22)30-27(23(21)17-26(25)35-2)18-3-5-19(6-4-18)28(33)29-9-10-31-11-13-36-14-12-31/h3-6,16-17,20,22,24,32H,7-15H2,1-2H3,(H,29,33). The van der Waals surface area contributed by atoms with Gasteiger partial charge < -0.3 is 24.6 Å². The first-order chi connectivity index (χ1) is 17.6. The number of fused-ring (bicyclic) bond motifs is 3. The lowest BCUT2D eigenvalue weighted by atomic mass is 9.74. The number of methoxy groups -OCH3 is 2. The number of amides is 1. The van der Waals surface area contributed by atoms with Crippen LogP contribution in [0, 0.1) is 0 Å². The summed E-state index contributed by atoms with van der Waals surface area (Å²) in [6.07, 6.45) is 1.97. The van der Waals surface area contributed by atoms with Gasteiger partial charge in [0.25, 0.3) is 5.91 Å². The van der Waals surface area contributed by atoms with Crippen molar-refractivity contribution >= 4 is 11.6 Å². The molecule has 3 aliphatic rings. The van der Waals surface area contributed by atoms with Gasteiger partial charge in [-0.15, -0.1) is 0 Å². The van der Waals surface area contributed by atoms with Gasteiger partial charge in [-0.2, -0.15) is 0 Å². The molecule has 8 heteroatoms. The Morgan fingerprint density at radius 3 is 2.56 bits per heavy atom. The molecular formula is C28H35N3O5. The van der Waals surface area contributed by atoms with Gasteiger partial charge in [-0.25, -0.2) is 0 Å². The Bertz CT molecular complexity index is 1110. The molecule has 2 fully saturated rings. The molecule has 3 atom stereocenters. The Kier molecular flexibility index (Phi) is 7.55. The van der Waals surface area contributed by atoms with E-state index in [2.05, 4.69) is 10.2 Å². The van der Waals surface area contributed by atoms with Gasteiger partial charge in [-0.05, 0) is 49.1 Å². The van der Waals surface area contributed by atoms with Crippen molar-refractivity contribution in [3.05, 3.63) is 58.7 Å². The van der Waals surface area contributed by atoms with E-state index in [-0.39, 0.29) is 24.0 Å². The summed E-state index contributed by atoms with van der Waals surface area (Å²) in [7, 11) is 3.27. The van der Waals surface area contributed by atoms with Crippen molar-refractivity contribution in [2.75, 3.05) is 53.6 Å². The Hall–Kier alpha value is -2.94. The normalized spacial score (nSPS) is 23.8. The van der Waals surface area contributed by atoms with E-state index < -0.39 is 0 Å². The minimum Gasteiger partial charge on any atom is -0.493 e. The summed E-state index contributed by atoms with van der Waals surface area (Å²) in [5.74, 6) is 1.40. The quantitative estimate of drug-likeness (QED) is 0.616. The van der Waals surface area contributed by atoms with Crippen molar-refractivity contribution < 1.29 is 24.1 Å². The second kappa shape index (κ2) is 11.0. The highest BCUT2D eigenvalue weighted by Crippen LogP contribution is 2.44. The predicted molar refractivity (Wildman–Crippen MR) is 138 cm³/mol. The second-order valence-corrected chi connectivity index (χ2v) is 9.70. The molecule has 192 valence electrons. The molecule has 1 amide bonds. The molecule has 8 nitrogen and oxygen atoms in total. The first-order valence-electron chi connectivity index (χ1n) is 12.8. The third-order valence-electron chi connectivity index (χ3n) is 7.53. The first kappa shape index (κ1) is 24.7. The number of hydrogen-bond donors (Lipinski definition) is 2. The van der Waals surface area contributed by atoms with Crippen LogP contribution in [0.5, 0.6) is 11.5 Å². The van der Waals surface area contributed by atoms with Crippen LogP contribution in [-0.4, -0.2) is 87.4 Å². The first-order valence-corrected chi connectivity index (χ1v) is 12.8. The number of aliphatic hydroxyl groups is 1. The molecule has 0 radical (unpaired) electrons. The minimum atomic E-state index is -0.315. The summed E-state index contributed by atoms with van der Waals surface area (Å²) in [5.41, 5.74) is 4.60. The molecule has 3 unspecified atom stereocenters. The van der Waals surface area contributed by atoms with Crippen LogP contribution in [0.3, 0.4) is 0 Å². The molecule has 2 N–H and O–H groups in total. The summed E-state index contributed by atoms with van der Waals surface area (Å²) in [6, 6.07) is 11.8. The molecular weight excluding hydrogens is 458 g/mol. The molecule has 5 rings (SSSR count). The van der Waals surface area contributed by atoms with Gasteiger partial charge in [0, 0.05) is 48.8 Å². The summed E-state index contributed by atoms with van der Waals surface area (Å²) in [6.45, 7) is 4.75. The number of aliphatic hydroxyl groups excluding tert-OH is 1. The van der Waals surface area contributed by atoms with E-state index in [4.69, 9.17) is 19.2 Å². The second-order valence-electron chi connectivity index (χ2n) is 9.70. The smallest absolute Gasteiger partial charge is 0.251 e. The molecule has 0 aromatic heterocycles. The van der Waals surface area contributed by atoms with E-state index in [0.717, 1.165) is 68.1 Å². The molecule has 1 saturated heterocycles. The maximum Gasteiger partial charge on any atom is 0.251 e. The van der Waals surface area contributed by atoms with E-state index in [1.807, 2.05) is 36.4 Å². The van der Waals surface area contributed by atoms with Gasteiger partial charge >= 0.3 is 0 Å². The highest BCUT2D eigenvalue weighted by molar-refractivity contribution is 6.15. The predicted octanol–water partition coefficient (Wildman–Crippen LogP) is 2.61. The van der Waals surface area contributed by atoms with E-state index in [9.17, 15) is 9.90 Å². The molecule has 2 heterocycles. The summed E-state index contributed by atoms with van der Waals surface area (Å²) >= 11 is 0. The van der Waals surface area contributed by atoms with Gasteiger partial charge in [-0.3, -0.25) is 14.7 Å². The molecule has 2 aliphatic heterocycles. The molecule has 36 heavy (non-hydrogen) atoms. The van der Waals surface area contributed by atoms with Gasteiger partial charge in [-0.1, -0.05) is 12.1 Å². The number of benzene rings is 2. The highest BCUT2D eigenvalue weighted by Gasteiger charge is 2.37. The number of carbonyl (C=O) groups excluding carboxylic acids is 1. The molecule has 2 aromatic carbocycles. The van der Waals surface area contributed by atoms with Crippen LogP contribution in [0.4, 0.5) is 0 Å². The molecule has 0 spiro atoms.